The molecular formula is C15H17NO3. The summed E-state index contributed by atoms with van der Waals surface area (Å²) in [5.41, 5.74) is 2.93. The lowest BCUT2D eigenvalue weighted by atomic mass is 9.86. The minimum atomic E-state index is -0.440. The molecule has 4 nitrogen and oxygen atoms in total. The normalized spacial score (nSPS) is 19.8. The number of nitrogens with zero attached hydrogens (tertiary/aromatic N) is 1. The molecule has 0 aromatic heterocycles. The number of isocyanates is 1. The number of aliphatic imine (C=N–C) groups is 1. The van der Waals surface area contributed by atoms with Crippen LogP contribution in [0.4, 0.5) is 0 Å². The highest BCUT2D eigenvalue weighted by molar-refractivity contribution is 5.49. The lowest BCUT2D eigenvalue weighted by Crippen LogP contribution is -2.20. The lowest BCUT2D eigenvalue weighted by Gasteiger charge is -2.25. The predicted octanol–water partition coefficient (Wildman–Crippen LogP) is 2.83. The number of ether oxygens (including phenoxy) is 2. The molecule has 1 aliphatic carbocycles. The molecule has 100 valence electrons. The Bertz CT molecular complexity index is 541. The van der Waals surface area contributed by atoms with Gasteiger partial charge in [0.25, 0.3) is 0 Å². The van der Waals surface area contributed by atoms with Gasteiger partial charge < -0.3 is 9.47 Å². The first-order valence-electron chi connectivity index (χ1n) is 6.66. The van der Waals surface area contributed by atoms with Crippen LogP contribution in [-0.4, -0.2) is 13.2 Å². The number of hydrogen-bond acceptors (Lipinski definition) is 4. The van der Waals surface area contributed by atoms with E-state index in [0.29, 0.717) is 13.2 Å². The van der Waals surface area contributed by atoms with Gasteiger partial charge in [-0.2, -0.15) is 4.99 Å². The Labute approximate surface area is 112 Å². The highest BCUT2D eigenvalue weighted by Crippen LogP contribution is 2.47. The molecule has 1 aromatic carbocycles. The zero-order chi connectivity index (χ0) is 13.3. The van der Waals surface area contributed by atoms with Gasteiger partial charge in [0.2, 0.25) is 6.08 Å². The quantitative estimate of drug-likeness (QED) is 0.619. The Morgan fingerprint density at radius 3 is 2.58 bits per heavy atom. The summed E-state index contributed by atoms with van der Waals surface area (Å²) in [6, 6.07) is 4.13. The highest BCUT2D eigenvalue weighted by Gasteiger charge is 2.38. The van der Waals surface area contributed by atoms with E-state index in [1.807, 2.05) is 6.07 Å². The summed E-state index contributed by atoms with van der Waals surface area (Å²) in [5.74, 6) is 0.810. The molecule has 19 heavy (non-hydrogen) atoms. The second kappa shape index (κ2) is 4.80. The smallest absolute Gasteiger partial charge is 0.235 e. The average Bonchev–Trinajstić information content (AvgIpc) is 3.06. The van der Waals surface area contributed by atoms with Crippen molar-refractivity contribution >= 4 is 6.08 Å². The van der Waals surface area contributed by atoms with Crippen molar-refractivity contribution in [1.82, 2.24) is 0 Å². The monoisotopic (exact) mass is 259 g/mol. The van der Waals surface area contributed by atoms with Gasteiger partial charge in [-0.1, -0.05) is 12.8 Å². The highest BCUT2D eigenvalue weighted by atomic mass is 16.5. The Kier molecular flexibility index (Phi) is 3.13. The number of fused-ring (bicyclic) bond motifs is 1. The molecular weight excluding hydrogens is 242 g/mol. The van der Waals surface area contributed by atoms with Crippen LogP contribution in [0.5, 0.6) is 5.75 Å². The van der Waals surface area contributed by atoms with Gasteiger partial charge in [-0.15, -0.1) is 0 Å². The van der Waals surface area contributed by atoms with Gasteiger partial charge in [0.05, 0.1) is 20.3 Å². The van der Waals surface area contributed by atoms with Crippen molar-refractivity contribution in [3.63, 3.8) is 0 Å². The summed E-state index contributed by atoms with van der Waals surface area (Å²) in [4.78, 5) is 14.9. The largest absolute Gasteiger partial charge is 0.496 e. The summed E-state index contributed by atoms with van der Waals surface area (Å²) in [5, 5.41) is 0. The fourth-order valence-electron chi connectivity index (χ4n) is 3.23. The molecule has 2 aliphatic rings. The molecule has 0 N–H and O–H groups in total. The van der Waals surface area contributed by atoms with Gasteiger partial charge in [-0.3, -0.25) is 0 Å². The van der Waals surface area contributed by atoms with E-state index in [1.165, 1.54) is 11.1 Å². The maximum atomic E-state index is 10.8. The molecule has 0 amide bonds. The lowest BCUT2D eigenvalue weighted by molar-refractivity contribution is 0.134. The van der Waals surface area contributed by atoms with Crippen LogP contribution in [0.2, 0.25) is 0 Å². The van der Waals surface area contributed by atoms with E-state index in [-0.39, 0.29) is 0 Å². The van der Waals surface area contributed by atoms with Crippen molar-refractivity contribution in [2.24, 2.45) is 4.99 Å². The summed E-state index contributed by atoms with van der Waals surface area (Å²) in [6.07, 6.45) is 5.70. The number of methoxy groups -OCH3 is 1. The van der Waals surface area contributed by atoms with E-state index in [0.717, 1.165) is 37.0 Å². The Morgan fingerprint density at radius 2 is 1.95 bits per heavy atom. The van der Waals surface area contributed by atoms with Crippen molar-refractivity contribution in [3.05, 3.63) is 28.8 Å². The van der Waals surface area contributed by atoms with Crippen LogP contribution in [-0.2, 0) is 28.3 Å². The summed E-state index contributed by atoms with van der Waals surface area (Å²) < 4.78 is 11.0. The molecule has 1 fully saturated rings. The molecule has 0 radical (unpaired) electrons. The maximum absolute atomic E-state index is 10.8. The number of benzene rings is 1. The number of carbonyl (C=O) groups excluding carboxylic acids is 1. The second-order valence-electron chi connectivity index (χ2n) is 5.26. The van der Waals surface area contributed by atoms with E-state index in [9.17, 15) is 4.79 Å². The van der Waals surface area contributed by atoms with Crippen molar-refractivity contribution in [3.8, 4) is 5.75 Å². The van der Waals surface area contributed by atoms with Gasteiger partial charge in [-0.05, 0) is 36.1 Å². The molecule has 0 unspecified atom stereocenters. The molecule has 3 rings (SSSR count). The van der Waals surface area contributed by atoms with Crippen LogP contribution in [0.25, 0.3) is 0 Å². The number of rotatable bonds is 3. The van der Waals surface area contributed by atoms with Gasteiger partial charge in [-0.25, -0.2) is 4.79 Å². The molecule has 4 heteroatoms. The van der Waals surface area contributed by atoms with E-state index < -0.39 is 5.54 Å². The summed E-state index contributed by atoms with van der Waals surface area (Å²) in [6.45, 7) is 1.27. The van der Waals surface area contributed by atoms with Gasteiger partial charge >= 0.3 is 0 Å². The van der Waals surface area contributed by atoms with Gasteiger partial charge in [0.1, 0.15) is 11.3 Å². The zero-order valence-corrected chi connectivity index (χ0v) is 11.1. The van der Waals surface area contributed by atoms with Crippen molar-refractivity contribution < 1.29 is 14.3 Å². The third-order valence-corrected chi connectivity index (χ3v) is 4.23. The van der Waals surface area contributed by atoms with E-state index in [2.05, 4.69) is 11.1 Å². The predicted molar refractivity (Wildman–Crippen MR) is 69.8 cm³/mol. The molecule has 0 atom stereocenters. The minimum absolute atomic E-state index is 0.440. The molecule has 1 aliphatic heterocycles. The first kappa shape index (κ1) is 12.4. The third kappa shape index (κ3) is 1.97. The van der Waals surface area contributed by atoms with Crippen LogP contribution in [0.1, 0.15) is 42.4 Å². The van der Waals surface area contributed by atoms with Crippen LogP contribution in [0, 0.1) is 0 Å². The maximum Gasteiger partial charge on any atom is 0.235 e. The van der Waals surface area contributed by atoms with Gasteiger partial charge in [0.15, 0.2) is 0 Å². The SMILES string of the molecule is COc1cc2c(cc1C1(N=C=O)CCCC1)COC2. The van der Waals surface area contributed by atoms with Gasteiger partial charge in [0, 0.05) is 5.56 Å². The summed E-state index contributed by atoms with van der Waals surface area (Å²) >= 11 is 0. The fraction of sp³-hybridized carbons (Fsp3) is 0.533. The Morgan fingerprint density at radius 1 is 1.26 bits per heavy atom. The molecule has 0 spiro atoms. The Balaban J connectivity index is 2.15. The number of hydrogen-bond donors (Lipinski definition) is 0. The van der Waals surface area contributed by atoms with Crippen molar-refractivity contribution in [2.75, 3.05) is 7.11 Å². The van der Waals surface area contributed by atoms with E-state index in [1.54, 1.807) is 13.2 Å². The average molecular weight is 259 g/mol. The topological polar surface area (TPSA) is 47.9 Å². The summed E-state index contributed by atoms with van der Waals surface area (Å²) in [7, 11) is 1.66. The van der Waals surface area contributed by atoms with Crippen molar-refractivity contribution in [2.45, 2.75) is 44.4 Å². The van der Waals surface area contributed by atoms with Crippen LogP contribution < -0.4 is 4.74 Å². The molecule has 1 aromatic rings. The molecule has 1 saturated carbocycles. The Hall–Kier alpha value is -1.64. The standard InChI is InChI=1S/C15H17NO3/c1-18-14-7-12-9-19-8-11(12)6-13(14)15(16-10-17)4-2-3-5-15/h6-7H,2-5,8-9H2,1H3. The van der Waals surface area contributed by atoms with Crippen LogP contribution in [0.15, 0.2) is 17.1 Å². The second-order valence-corrected chi connectivity index (χ2v) is 5.26. The first-order chi connectivity index (χ1) is 9.29. The zero-order valence-electron chi connectivity index (χ0n) is 11.1. The van der Waals surface area contributed by atoms with E-state index in [4.69, 9.17) is 9.47 Å². The molecule has 0 bridgehead atoms. The van der Waals surface area contributed by atoms with E-state index >= 15 is 0 Å². The molecule has 1 heterocycles. The minimum Gasteiger partial charge on any atom is -0.496 e. The van der Waals surface area contributed by atoms with Crippen molar-refractivity contribution in [1.29, 1.82) is 0 Å². The van der Waals surface area contributed by atoms with Crippen LogP contribution >= 0.6 is 0 Å². The fourth-order valence-corrected chi connectivity index (χ4v) is 3.23. The van der Waals surface area contributed by atoms with Crippen LogP contribution in [0.3, 0.4) is 0 Å². The molecule has 0 saturated heterocycles. The third-order valence-electron chi connectivity index (χ3n) is 4.23. The first-order valence-corrected chi connectivity index (χ1v) is 6.66.